The summed E-state index contributed by atoms with van der Waals surface area (Å²) in [6, 6.07) is 5.30. The second-order valence-electron chi connectivity index (χ2n) is 4.28. The molecule has 1 heterocycles. The van der Waals surface area contributed by atoms with Crippen LogP contribution in [0.15, 0.2) is 24.3 Å². The maximum atomic E-state index is 13.4. The lowest BCUT2D eigenvalue weighted by Crippen LogP contribution is -2.50. The molecule has 3 N–H and O–H groups in total. The van der Waals surface area contributed by atoms with Crippen molar-refractivity contribution in [3.05, 3.63) is 30.1 Å². The molecular weight excluding hydrogens is 321 g/mol. The predicted octanol–water partition coefficient (Wildman–Crippen LogP) is 3.34. The summed E-state index contributed by atoms with van der Waals surface area (Å²) in [4.78, 5) is 3.02. The maximum Gasteiger partial charge on any atom is 0.460 e. The fraction of sp³-hybridized carbons (Fsp3) is 0.273. The lowest BCUT2D eigenvalue weighted by molar-refractivity contribution is -0.361. The fourth-order valence-electron chi connectivity index (χ4n) is 1.49. The number of halogens is 7. The van der Waals surface area contributed by atoms with Crippen molar-refractivity contribution in [2.45, 2.75) is 18.0 Å². The summed E-state index contributed by atoms with van der Waals surface area (Å²) >= 11 is 0. The first kappa shape index (κ1) is 16.0. The Labute approximate surface area is 118 Å². The predicted molar refractivity (Wildman–Crippen MR) is 61.1 cm³/mol. The number of benzene rings is 1. The zero-order valence-electron chi connectivity index (χ0n) is 10.4. The van der Waals surface area contributed by atoms with Crippen LogP contribution < -0.4 is 5.73 Å². The third kappa shape index (κ3) is 2.46. The second-order valence-corrected chi connectivity index (χ2v) is 4.28. The van der Waals surface area contributed by atoms with Gasteiger partial charge in [0.2, 0.25) is 5.82 Å². The molecule has 1 aromatic heterocycles. The van der Waals surface area contributed by atoms with E-state index >= 15 is 0 Å². The number of H-pyrrole nitrogens is 1. The lowest BCUT2D eigenvalue weighted by atomic mass is 10.1. The zero-order chi connectivity index (χ0) is 16.8. The van der Waals surface area contributed by atoms with Crippen molar-refractivity contribution in [3.63, 3.8) is 0 Å². The van der Waals surface area contributed by atoms with Crippen molar-refractivity contribution < 1.29 is 30.7 Å². The van der Waals surface area contributed by atoms with E-state index in [1.807, 2.05) is 0 Å². The normalized spacial score (nSPS) is 13.4. The van der Waals surface area contributed by atoms with Crippen LogP contribution in [0.25, 0.3) is 11.4 Å². The van der Waals surface area contributed by atoms with Gasteiger partial charge in [0.25, 0.3) is 0 Å². The molecule has 11 heteroatoms. The van der Waals surface area contributed by atoms with Crippen LogP contribution in [-0.4, -0.2) is 27.3 Å². The summed E-state index contributed by atoms with van der Waals surface area (Å²) in [5.41, 5.74) is 5.83. The van der Waals surface area contributed by atoms with Gasteiger partial charge in [-0.15, -0.1) is 0 Å². The average molecular weight is 328 g/mol. The Morgan fingerprint density at radius 1 is 0.909 bits per heavy atom. The van der Waals surface area contributed by atoms with Crippen LogP contribution in [0.5, 0.6) is 0 Å². The van der Waals surface area contributed by atoms with Crippen LogP contribution in [0.1, 0.15) is 5.82 Å². The molecule has 0 radical (unpaired) electrons. The molecule has 0 amide bonds. The van der Waals surface area contributed by atoms with Gasteiger partial charge in [-0.3, -0.25) is 5.10 Å². The molecule has 0 fully saturated rings. The van der Waals surface area contributed by atoms with Crippen molar-refractivity contribution in [1.82, 2.24) is 15.2 Å². The summed E-state index contributed by atoms with van der Waals surface area (Å²) in [5.74, 6) is -14.2. The highest BCUT2D eigenvalue weighted by Gasteiger charge is 2.75. The Morgan fingerprint density at radius 2 is 1.45 bits per heavy atom. The van der Waals surface area contributed by atoms with Crippen molar-refractivity contribution in [1.29, 1.82) is 0 Å². The summed E-state index contributed by atoms with van der Waals surface area (Å²) in [5, 5.41) is 4.64. The van der Waals surface area contributed by atoms with Gasteiger partial charge in [0, 0.05) is 11.3 Å². The van der Waals surface area contributed by atoms with E-state index in [1.165, 1.54) is 29.4 Å². The van der Waals surface area contributed by atoms with E-state index < -0.39 is 29.7 Å². The van der Waals surface area contributed by atoms with E-state index in [1.54, 1.807) is 0 Å². The van der Waals surface area contributed by atoms with Crippen molar-refractivity contribution >= 4 is 5.69 Å². The molecule has 0 saturated carbocycles. The maximum absolute atomic E-state index is 13.4. The van der Waals surface area contributed by atoms with Crippen LogP contribution >= 0.6 is 0 Å². The molecule has 1 aromatic carbocycles. The molecule has 0 aliphatic heterocycles. The quantitative estimate of drug-likeness (QED) is 0.671. The highest BCUT2D eigenvalue weighted by Crippen LogP contribution is 2.50. The largest absolute Gasteiger partial charge is 0.460 e. The minimum atomic E-state index is -6.44. The number of nitrogen functional groups attached to an aromatic ring is 1. The van der Waals surface area contributed by atoms with E-state index in [2.05, 4.69) is 10.1 Å². The van der Waals surface area contributed by atoms with E-state index in [0.717, 1.165) is 0 Å². The number of anilines is 1. The van der Waals surface area contributed by atoms with Gasteiger partial charge in [0.05, 0.1) is 0 Å². The minimum Gasteiger partial charge on any atom is -0.399 e. The smallest absolute Gasteiger partial charge is 0.399 e. The molecule has 2 rings (SSSR count). The molecule has 0 aliphatic carbocycles. The number of aromatic nitrogens is 3. The Bertz CT molecular complexity index is 660. The first-order valence-electron chi connectivity index (χ1n) is 5.58. The third-order valence-corrected chi connectivity index (χ3v) is 2.70. The van der Waals surface area contributed by atoms with E-state index in [0.29, 0.717) is 5.69 Å². The van der Waals surface area contributed by atoms with Gasteiger partial charge < -0.3 is 5.73 Å². The second kappa shape index (κ2) is 4.85. The molecule has 0 saturated heterocycles. The Hall–Kier alpha value is -2.33. The number of aromatic amines is 1. The van der Waals surface area contributed by atoms with Gasteiger partial charge in [0.15, 0.2) is 5.82 Å². The van der Waals surface area contributed by atoms with Crippen molar-refractivity contribution in [2.24, 2.45) is 0 Å². The highest BCUT2D eigenvalue weighted by molar-refractivity contribution is 5.58. The summed E-state index contributed by atoms with van der Waals surface area (Å²) < 4.78 is 88.8. The molecule has 120 valence electrons. The number of alkyl halides is 7. The van der Waals surface area contributed by atoms with Gasteiger partial charge in [0.1, 0.15) is 0 Å². The first-order valence-corrected chi connectivity index (χ1v) is 5.58. The number of nitrogens with zero attached hydrogens (tertiary/aromatic N) is 2. The Morgan fingerprint density at radius 3 is 1.95 bits per heavy atom. The monoisotopic (exact) mass is 328 g/mol. The van der Waals surface area contributed by atoms with E-state index in [-0.39, 0.29) is 5.56 Å². The Kier molecular flexibility index (Phi) is 3.54. The first-order chi connectivity index (χ1) is 9.97. The van der Waals surface area contributed by atoms with Gasteiger partial charge in [-0.2, -0.15) is 35.8 Å². The minimum absolute atomic E-state index is 0.114. The molecule has 0 spiro atoms. The van der Waals surface area contributed by atoms with E-state index in [4.69, 9.17) is 5.73 Å². The number of rotatable bonds is 3. The van der Waals surface area contributed by atoms with Gasteiger partial charge in [-0.1, -0.05) is 0 Å². The lowest BCUT2D eigenvalue weighted by Gasteiger charge is -2.26. The number of hydrogen-bond acceptors (Lipinski definition) is 3. The van der Waals surface area contributed by atoms with Gasteiger partial charge >= 0.3 is 18.0 Å². The summed E-state index contributed by atoms with van der Waals surface area (Å²) in [6.45, 7) is 0. The molecule has 2 aromatic rings. The van der Waals surface area contributed by atoms with Crippen LogP contribution in [0.3, 0.4) is 0 Å². The fourth-order valence-corrected chi connectivity index (χ4v) is 1.49. The Balaban J connectivity index is 2.40. The van der Waals surface area contributed by atoms with Crippen LogP contribution in [0.4, 0.5) is 36.4 Å². The highest BCUT2D eigenvalue weighted by atomic mass is 19.4. The molecule has 4 nitrogen and oxygen atoms in total. The van der Waals surface area contributed by atoms with Gasteiger partial charge in [-0.25, -0.2) is 4.98 Å². The molecule has 22 heavy (non-hydrogen) atoms. The number of nitrogens with two attached hydrogens (primary N) is 1. The summed E-state index contributed by atoms with van der Waals surface area (Å²) in [7, 11) is 0. The molecule has 0 bridgehead atoms. The van der Waals surface area contributed by atoms with Crippen LogP contribution in [0, 0.1) is 0 Å². The standard InChI is InChI=1S/C11H7F7N4/c12-9(13,10(14,15)11(16,17)18)8-20-7(21-22-8)5-1-3-6(19)4-2-5/h1-4H,19H2,(H,20,21,22). The van der Waals surface area contributed by atoms with Crippen molar-refractivity contribution in [3.8, 4) is 11.4 Å². The van der Waals surface area contributed by atoms with Crippen LogP contribution in [0.2, 0.25) is 0 Å². The summed E-state index contributed by atoms with van der Waals surface area (Å²) in [6.07, 6.45) is -6.44. The number of hydrogen-bond donors (Lipinski definition) is 2. The van der Waals surface area contributed by atoms with Gasteiger partial charge in [-0.05, 0) is 24.3 Å². The SMILES string of the molecule is Nc1ccc(-c2n[nH]c(C(F)(F)C(F)(F)C(F)(F)F)n2)cc1. The average Bonchev–Trinajstić information content (AvgIpc) is 2.88. The third-order valence-electron chi connectivity index (χ3n) is 2.70. The topological polar surface area (TPSA) is 67.6 Å². The number of nitrogens with one attached hydrogen (secondary N) is 1. The molecule has 0 unspecified atom stereocenters. The molecule has 0 aliphatic rings. The molecule has 0 atom stereocenters. The zero-order valence-corrected chi connectivity index (χ0v) is 10.4. The van der Waals surface area contributed by atoms with Crippen LogP contribution in [-0.2, 0) is 5.92 Å². The van der Waals surface area contributed by atoms with E-state index in [9.17, 15) is 30.7 Å². The van der Waals surface area contributed by atoms with Crippen molar-refractivity contribution in [2.75, 3.05) is 5.73 Å². The molecular formula is C11H7F7N4.